The number of rotatable bonds is 10. The summed E-state index contributed by atoms with van der Waals surface area (Å²) in [4.78, 5) is 59.4. The van der Waals surface area contributed by atoms with E-state index in [0.29, 0.717) is 48.4 Å². The second-order valence-electron chi connectivity index (χ2n) is 10.9. The van der Waals surface area contributed by atoms with Crippen molar-refractivity contribution in [3.8, 4) is 0 Å². The van der Waals surface area contributed by atoms with Gasteiger partial charge in [-0.15, -0.1) is 0 Å². The number of likely N-dealkylation sites (N-methyl/N-ethyl adjacent to an activating group) is 2. The summed E-state index contributed by atoms with van der Waals surface area (Å²) in [7, 11) is 3.97. The number of amides is 4. The van der Waals surface area contributed by atoms with E-state index in [-0.39, 0.29) is 23.6 Å². The Hall–Kier alpha value is -4.40. The van der Waals surface area contributed by atoms with Crippen LogP contribution in [0.4, 0.5) is 0 Å². The molecule has 41 heavy (non-hydrogen) atoms. The standard InChI is InChI=1S/C33H32N4O4/c1-34(18-20-36-30(38)24-12-3-8-22-9-4-13-25(28(22)24)31(36)39)16-7-17-35(2)19-21-37-32(40)26-14-5-10-23-11-6-15-27(29(23)26)33(37)41/h3-6,8-15H,7,16-21H2,1-2H3. The van der Waals surface area contributed by atoms with Crippen molar-refractivity contribution in [2.75, 3.05) is 53.4 Å². The molecule has 0 spiro atoms. The van der Waals surface area contributed by atoms with Crippen LogP contribution in [0.25, 0.3) is 21.5 Å². The number of imide groups is 2. The van der Waals surface area contributed by atoms with Gasteiger partial charge in [-0.05, 0) is 68.6 Å². The van der Waals surface area contributed by atoms with Gasteiger partial charge in [0.1, 0.15) is 0 Å². The molecule has 2 heterocycles. The maximum absolute atomic E-state index is 13.1. The quantitative estimate of drug-likeness (QED) is 0.277. The van der Waals surface area contributed by atoms with Gasteiger partial charge in [0.2, 0.25) is 0 Å². The summed E-state index contributed by atoms with van der Waals surface area (Å²) in [5, 5.41) is 3.29. The third-order valence-corrected chi connectivity index (χ3v) is 8.20. The van der Waals surface area contributed by atoms with Gasteiger partial charge in [0.05, 0.1) is 0 Å². The summed E-state index contributed by atoms with van der Waals surface area (Å²) in [5.74, 6) is -0.970. The van der Waals surface area contributed by atoms with E-state index in [2.05, 4.69) is 9.80 Å². The van der Waals surface area contributed by atoms with Gasteiger partial charge in [-0.3, -0.25) is 29.0 Å². The molecule has 8 heteroatoms. The Morgan fingerprint density at radius 3 is 1.12 bits per heavy atom. The molecule has 0 aliphatic carbocycles. The van der Waals surface area contributed by atoms with Gasteiger partial charge in [-0.1, -0.05) is 48.5 Å². The van der Waals surface area contributed by atoms with E-state index in [4.69, 9.17) is 0 Å². The molecule has 4 aromatic carbocycles. The van der Waals surface area contributed by atoms with E-state index >= 15 is 0 Å². The van der Waals surface area contributed by atoms with Crippen molar-refractivity contribution in [3.63, 3.8) is 0 Å². The number of hydrogen-bond acceptors (Lipinski definition) is 6. The maximum atomic E-state index is 13.1. The molecular weight excluding hydrogens is 516 g/mol. The first kappa shape index (κ1) is 26.8. The molecule has 2 aliphatic heterocycles. The Morgan fingerprint density at radius 2 is 0.805 bits per heavy atom. The van der Waals surface area contributed by atoms with E-state index in [1.165, 1.54) is 9.80 Å². The summed E-state index contributed by atoms with van der Waals surface area (Å²) in [6.07, 6.45) is 0.862. The van der Waals surface area contributed by atoms with E-state index in [1.807, 2.05) is 62.6 Å². The molecule has 0 radical (unpaired) electrons. The molecule has 0 bridgehead atoms. The maximum Gasteiger partial charge on any atom is 0.261 e. The number of hydrogen-bond donors (Lipinski definition) is 0. The number of benzene rings is 4. The summed E-state index contributed by atoms with van der Waals surface area (Å²) in [6, 6.07) is 22.3. The predicted molar refractivity (Wildman–Crippen MR) is 158 cm³/mol. The summed E-state index contributed by atoms with van der Waals surface area (Å²) >= 11 is 0. The lowest BCUT2D eigenvalue weighted by Crippen LogP contribution is -2.45. The van der Waals surface area contributed by atoms with Gasteiger partial charge in [-0.2, -0.15) is 0 Å². The highest BCUT2D eigenvalue weighted by molar-refractivity contribution is 6.26. The van der Waals surface area contributed by atoms with E-state index in [1.54, 1.807) is 24.3 Å². The smallest absolute Gasteiger partial charge is 0.261 e. The fourth-order valence-corrected chi connectivity index (χ4v) is 5.94. The van der Waals surface area contributed by atoms with Crippen LogP contribution < -0.4 is 0 Å². The fraction of sp³-hybridized carbons (Fsp3) is 0.273. The molecule has 0 fully saturated rings. The molecular formula is C33H32N4O4. The first-order valence-corrected chi connectivity index (χ1v) is 14.0. The summed E-state index contributed by atoms with van der Waals surface area (Å²) in [5.41, 5.74) is 2.31. The number of carbonyl (C=O) groups is 4. The van der Waals surface area contributed by atoms with Gasteiger partial charge in [0.15, 0.2) is 0 Å². The minimum Gasteiger partial charge on any atom is -0.305 e. The zero-order chi connectivity index (χ0) is 28.7. The van der Waals surface area contributed by atoms with Crippen LogP contribution in [-0.4, -0.2) is 96.6 Å². The van der Waals surface area contributed by atoms with Crippen molar-refractivity contribution >= 4 is 45.2 Å². The summed E-state index contributed by atoms with van der Waals surface area (Å²) in [6.45, 7) is 3.35. The third kappa shape index (κ3) is 4.79. The summed E-state index contributed by atoms with van der Waals surface area (Å²) < 4.78 is 0. The van der Waals surface area contributed by atoms with Gasteiger partial charge in [0.25, 0.3) is 23.6 Å². The second kappa shape index (κ2) is 10.9. The lowest BCUT2D eigenvalue weighted by Gasteiger charge is -2.29. The molecule has 0 atom stereocenters. The molecule has 0 N–H and O–H groups in total. The van der Waals surface area contributed by atoms with Crippen LogP contribution >= 0.6 is 0 Å². The zero-order valence-electron chi connectivity index (χ0n) is 23.3. The van der Waals surface area contributed by atoms with Crippen LogP contribution in [-0.2, 0) is 0 Å². The molecule has 0 aromatic heterocycles. The molecule has 4 aromatic rings. The first-order valence-electron chi connectivity index (χ1n) is 14.0. The van der Waals surface area contributed by atoms with Gasteiger partial charge in [0, 0.05) is 59.2 Å². The molecule has 6 rings (SSSR count). The van der Waals surface area contributed by atoms with E-state index in [9.17, 15) is 19.2 Å². The van der Waals surface area contributed by atoms with Gasteiger partial charge in [-0.25, -0.2) is 0 Å². The lowest BCUT2D eigenvalue weighted by atomic mass is 9.94. The van der Waals surface area contributed by atoms with Crippen LogP contribution in [0.5, 0.6) is 0 Å². The highest BCUT2D eigenvalue weighted by Crippen LogP contribution is 2.31. The first-order chi connectivity index (χ1) is 19.8. The molecule has 0 saturated carbocycles. The highest BCUT2D eigenvalue weighted by Gasteiger charge is 2.33. The molecule has 0 unspecified atom stereocenters. The third-order valence-electron chi connectivity index (χ3n) is 8.20. The molecule has 8 nitrogen and oxygen atoms in total. The van der Waals surface area contributed by atoms with Crippen molar-refractivity contribution in [1.82, 2.24) is 19.6 Å². The number of carbonyl (C=O) groups excluding carboxylic acids is 4. The van der Waals surface area contributed by atoms with Crippen molar-refractivity contribution < 1.29 is 19.2 Å². The van der Waals surface area contributed by atoms with Crippen LogP contribution in [0.1, 0.15) is 47.9 Å². The lowest BCUT2D eigenvalue weighted by molar-refractivity contribution is 0.0585. The molecule has 208 valence electrons. The molecule has 0 saturated heterocycles. The van der Waals surface area contributed by atoms with Gasteiger partial charge >= 0.3 is 0 Å². The topological polar surface area (TPSA) is 81.2 Å². The SMILES string of the molecule is CN(CCCN(C)CCN1C(=O)c2cccc3cccc(c23)C1=O)CCN1C(=O)c2cccc3cccc(c23)C1=O. The minimum atomic E-state index is -0.243. The van der Waals surface area contributed by atoms with Gasteiger partial charge < -0.3 is 9.80 Å². The molecule has 4 amide bonds. The van der Waals surface area contributed by atoms with Crippen molar-refractivity contribution in [2.45, 2.75) is 6.42 Å². The normalized spacial score (nSPS) is 14.8. The molecule has 2 aliphatic rings. The van der Waals surface area contributed by atoms with E-state index in [0.717, 1.165) is 41.1 Å². The average Bonchev–Trinajstić information content (AvgIpc) is 2.98. The Morgan fingerprint density at radius 1 is 0.488 bits per heavy atom. The Bertz CT molecular complexity index is 1490. The predicted octanol–water partition coefficient (Wildman–Crippen LogP) is 4.14. The van der Waals surface area contributed by atoms with E-state index < -0.39 is 0 Å². The monoisotopic (exact) mass is 548 g/mol. The largest absolute Gasteiger partial charge is 0.305 e. The van der Waals surface area contributed by atoms with Crippen molar-refractivity contribution in [1.29, 1.82) is 0 Å². The van der Waals surface area contributed by atoms with Crippen molar-refractivity contribution in [3.05, 3.63) is 95.1 Å². The Labute approximate surface area is 238 Å². The van der Waals surface area contributed by atoms with Crippen LogP contribution in [0, 0.1) is 0 Å². The Balaban J connectivity index is 0.985. The van der Waals surface area contributed by atoms with Crippen molar-refractivity contribution in [2.24, 2.45) is 0 Å². The average molecular weight is 549 g/mol. The number of nitrogens with zero attached hydrogens (tertiary/aromatic N) is 4. The van der Waals surface area contributed by atoms with Crippen LogP contribution in [0.3, 0.4) is 0 Å². The second-order valence-corrected chi connectivity index (χ2v) is 10.9. The highest BCUT2D eigenvalue weighted by atomic mass is 16.2. The minimum absolute atomic E-state index is 0.243. The van der Waals surface area contributed by atoms with Crippen LogP contribution in [0.15, 0.2) is 72.8 Å². The zero-order valence-corrected chi connectivity index (χ0v) is 23.3. The fourth-order valence-electron chi connectivity index (χ4n) is 5.94. The Kier molecular flexibility index (Phi) is 7.11. The van der Waals surface area contributed by atoms with Crippen LogP contribution in [0.2, 0.25) is 0 Å².